The van der Waals surface area contributed by atoms with Crippen LogP contribution in [0.4, 0.5) is 5.82 Å². The second-order valence-corrected chi connectivity index (χ2v) is 3.10. The Bertz CT molecular complexity index is 408. The molecule has 0 spiro atoms. The Labute approximate surface area is 82.0 Å². The SMILES string of the molecule is CCCCNc1ncnc2nc[nH]c12. The molecule has 5 heteroatoms. The number of nitrogens with one attached hydrogen (secondary N) is 2. The third-order valence-electron chi connectivity index (χ3n) is 2.05. The number of hydrogen-bond donors (Lipinski definition) is 2. The van der Waals surface area contributed by atoms with E-state index in [0.29, 0.717) is 5.65 Å². The fraction of sp³-hybridized carbons (Fsp3) is 0.444. The van der Waals surface area contributed by atoms with Crippen molar-refractivity contribution < 1.29 is 0 Å². The molecule has 2 heterocycles. The number of rotatable bonds is 4. The van der Waals surface area contributed by atoms with Crippen molar-refractivity contribution in [3.8, 4) is 0 Å². The summed E-state index contributed by atoms with van der Waals surface area (Å²) < 4.78 is 0. The number of imidazole rings is 1. The van der Waals surface area contributed by atoms with Gasteiger partial charge in [0, 0.05) is 6.54 Å². The normalized spacial score (nSPS) is 10.6. The number of nitrogens with zero attached hydrogens (tertiary/aromatic N) is 3. The molecule has 0 radical (unpaired) electrons. The van der Waals surface area contributed by atoms with Gasteiger partial charge in [0.15, 0.2) is 11.5 Å². The summed E-state index contributed by atoms with van der Waals surface area (Å²) in [7, 11) is 0. The smallest absolute Gasteiger partial charge is 0.182 e. The molecule has 2 rings (SSSR count). The highest BCUT2D eigenvalue weighted by molar-refractivity contribution is 5.81. The van der Waals surface area contributed by atoms with E-state index in [0.717, 1.165) is 24.3 Å². The Morgan fingerprint density at radius 2 is 2.29 bits per heavy atom. The highest BCUT2D eigenvalue weighted by Crippen LogP contribution is 2.13. The van der Waals surface area contributed by atoms with Crippen molar-refractivity contribution in [1.29, 1.82) is 0 Å². The maximum atomic E-state index is 4.16. The molecule has 0 bridgehead atoms. The van der Waals surface area contributed by atoms with Crippen LogP contribution in [0, 0.1) is 0 Å². The molecule has 2 N–H and O–H groups in total. The summed E-state index contributed by atoms with van der Waals surface area (Å²) >= 11 is 0. The van der Waals surface area contributed by atoms with E-state index in [-0.39, 0.29) is 0 Å². The van der Waals surface area contributed by atoms with E-state index < -0.39 is 0 Å². The van der Waals surface area contributed by atoms with Crippen molar-refractivity contribution in [2.45, 2.75) is 19.8 Å². The van der Waals surface area contributed by atoms with Gasteiger partial charge in [-0.25, -0.2) is 15.0 Å². The zero-order chi connectivity index (χ0) is 9.80. The van der Waals surface area contributed by atoms with Crippen LogP contribution >= 0.6 is 0 Å². The van der Waals surface area contributed by atoms with Gasteiger partial charge in [-0.2, -0.15) is 0 Å². The topological polar surface area (TPSA) is 66.5 Å². The Hall–Kier alpha value is -1.65. The third kappa shape index (κ3) is 1.66. The van der Waals surface area contributed by atoms with E-state index in [9.17, 15) is 0 Å². The van der Waals surface area contributed by atoms with Gasteiger partial charge in [0.2, 0.25) is 0 Å². The molecule has 0 unspecified atom stereocenters. The molecule has 74 valence electrons. The fourth-order valence-electron chi connectivity index (χ4n) is 1.28. The molecule has 14 heavy (non-hydrogen) atoms. The van der Waals surface area contributed by atoms with E-state index in [4.69, 9.17) is 0 Å². The summed E-state index contributed by atoms with van der Waals surface area (Å²) in [5.74, 6) is 0.834. The van der Waals surface area contributed by atoms with Gasteiger partial charge in [0.25, 0.3) is 0 Å². The first-order valence-electron chi connectivity index (χ1n) is 4.79. The molecule has 0 saturated heterocycles. The van der Waals surface area contributed by atoms with Gasteiger partial charge in [-0.3, -0.25) is 0 Å². The first-order chi connectivity index (χ1) is 6.92. The lowest BCUT2D eigenvalue weighted by atomic mass is 10.3. The van der Waals surface area contributed by atoms with Crippen molar-refractivity contribution in [2.24, 2.45) is 0 Å². The zero-order valence-corrected chi connectivity index (χ0v) is 8.12. The van der Waals surface area contributed by atoms with Gasteiger partial charge >= 0.3 is 0 Å². The van der Waals surface area contributed by atoms with Crippen molar-refractivity contribution in [2.75, 3.05) is 11.9 Å². The minimum absolute atomic E-state index is 0.707. The van der Waals surface area contributed by atoms with E-state index in [1.807, 2.05) is 0 Å². The molecule has 0 aromatic carbocycles. The van der Waals surface area contributed by atoms with Crippen LogP contribution in [-0.4, -0.2) is 26.5 Å². The second-order valence-electron chi connectivity index (χ2n) is 3.10. The van der Waals surface area contributed by atoms with E-state index in [2.05, 4.69) is 32.2 Å². The van der Waals surface area contributed by atoms with Crippen LogP contribution in [-0.2, 0) is 0 Å². The number of aromatic amines is 1. The fourth-order valence-corrected chi connectivity index (χ4v) is 1.28. The minimum atomic E-state index is 0.707. The van der Waals surface area contributed by atoms with Crippen LogP contribution < -0.4 is 5.32 Å². The molecule has 0 aliphatic carbocycles. The molecule has 2 aromatic rings. The zero-order valence-electron chi connectivity index (χ0n) is 8.12. The average Bonchev–Trinajstić information content (AvgIpc) is 2.67. The molecule has 0 aliphatic rings. The van der Waals surface area contributed by atoms with Crippen LogP contribution in [0.1, 0.15) is 19.8 Å². The first kappa shape index (κ1) is 8.93. The quantitative estimate of drug-likeness (QED) is 0.720. The molecule has 0 fully saturated rings. The average molecular weight is 191 g/mol. The molecular formula is C9H13N5. The van der Waals surface area contributed by atoms with Crippen molar-refractivity contribution in [1.82, 2.24) is 19.9 Å². The number of hydrogen-bond acceptors (Lipinski definition) is 4. The molecule has 0 saturated carbocycles. The third-order valence-corrected chi connectivity index (χ3v) is 2.05. The van der Waals surface area contributed by atoms with Crippen molar-refractivity contribution >= 4 is 17.0 Å². The lowest BCUT2D eigenvalue weighted by molar-refractivity contribution is 0.831. The number of aromatic nitrogens is 4. The van der Waals surface area contributed by atoms with Gasteiger partial charge in [-0.1, -0.05) is 13.3 Å². The highest BCUT2D eigenvalue weighted by atomic mass is 15.1. The van der Waals surface area contributed by atoms with Crippen LogP contribution in [0.3, 0.4) is 0 Å². The summed E-state index contributed by atoms with van der Waals surface area (Å²) in [6, 6.07) is 0. The van der Waals surface area contributed by atoms with Gasteiger partial charge < -0.3 is 10.3 Å². The predicted octanol–water partition coefficient (Wildman–Crippen LogP) is 1.56. The Morgan fingerprint density at radius 1 is 1.36 bits per heavy atom. The number of anilines is 1. The highest BCUT2D eigenvalue weighted by Gasteiger charge is 2.03. The van der Waals surface area contributed by atoms with Gasteiger partial charge in [-0.15, -0.1) is 0 Å². The lowest BCUT2D eigenvalue weighted by Crippen LogP contribution is -2.03. The summed E-state index contributed by atoms with van der Waals surface area (Å²) in [6.45, 7) is 3.09. The summed E-state index contributed by atoms with van der Waals surface area (Å²) in [5, 5.41) is 3.25. The van der Waals surface area contributed by atoms with E-state index >= 15 is 0 Å². The Balaban J connectivity index is 2.19. The second kappa shape index (κ2) is 4.04. The number of H-pyrrole nitrogens is 1. The van der Waals surface area contributed by atoms with Crippen LogP contribution in [0.5, 0.6) is 0 Å². The van der Waals surface area contributed by atoms with Gasteiger partial charge in [-0.05, 0) is 6.42 Å². The van der Waals surface area contributed by atoms with Gasteiger partial charge in [0.05, 0.1) is 6.33 Å². The van der Waals surface area contributed by atoms with Gasteiger partial charge in [0.1, 0.15) is 11.8 Å². The predicted molar refractivity (Wildman–Crippen MR) is 55.1 cm³/mol. The molecule has 2 aromatic heterocycles. The van der Waals surface area contributed by atoms with Crippen molar-refractivity contribution in [3.63, 3.8) is 0 Å². The van der Waals surface area contributed by atoms with E-state index in [1.54, 1.807) is 6.33 Å². The number of fused-ring (bicyclic) bond motifs is 1. The minimum Gasteiger partial charge on any atom is -0.368 e. The van der Waals surface area contributed by atoms with Crippen LogP contribution in [0.25, 0.3) is 11.2 Å². The summed E-state index contributed by atoms with van der Waals surface area (Å²) in [4.78, 5) is 15.3. The standard InChI is InChI=1S/C9H13N5/c1-2-3-4-10-8-7-9(12-5-11-7)14-6-13-8/h5-6H,2-4H2,1H3,(H2,10,11,12,13,14). The maximum Gasteiger partial charge on any atom is 0.182 e. The Kier molecular flexibility index (Phi) is 2.58. The molecule has 0 atom stereocenters. The summed E-state index contributed by atoms with van der Waals surface area (Å²) in [6.07, 6.45) is 5.46. The first-order valence-corrected chi connectivity index (χ1v) is 4.79. The molecule has 0 amide bonds. The van der Waals surface area contributed by atoms with Crippen molar-refractivity contribution in [3.05, 3.63) is 12.7 Å². The number of unbranched alkanes of at least 4 members (excludes halogenated alkanes) is 1. The molecule has 0 aliphatic heterocycles. The monoisotopic (exact) mass is 191 g/mol. The maximum absolute atomic E-state index is 4.16. The molecular weight excluding hydrogens is 178 g/mol. The molecule has 5 nitrogen and oxygen atoms in total. The lowest BCUT2D eigenvalue weighted by Gasteiger charge is -2.03. The van der Waals surface area contributed by atoms with E-state index in [1.165, 1.54) is 12.7 Å². The Morgan fingerprint density at radius 3 is 3.14 bits per heavy atom. The van der Waals surface area contributed by atoms with Crippen LogP contribution in [0.15, 0.2) is 12.7 Å². The largest absolute Gasteiger partial charge is 0.368 e. The van der Waals surface area contributed by atoms with Crippen LogP contribution in [0.2, 0.25) is 0 Å². The summed E-state index contributed by atoms with van der Waals surface area (Å²) in [5.41, 5.74) is 1.59.